The Morgan fingerprint density at radius 1 is 1.10 bits per heavy atom. The maximum atomic E-state index is 11.5. The summed E-state index contributed by atoms with van der Waals surface area (Å²) in [6, 6.07) is 6.39. The van der Waals surface area contributed by atoms with E-state index in [4.69, 9.17) is 14.6 Å². The summed E-state index contributed by atoms with van der Waals surface area (Å²) < 4.78 is 9.83. The first-order valence-electron chi connectivity index (χ1n) is 6.34. The molecule has 0 aliphatic heterocycles. The molecule has 5 nitrogen and oxygen atoms in total. The van der Waals surface area contributed by atoms with Gasteiger partial charge in [-0.25, -0.2) is 4.79 Å². The number of phenols is 1. The van der Waals surface area contributed by atoms with Crippen LogP contribution in [0.1, 0.15) is 18.4 Å². The Labute approximate surface area is 117 Å². The van der Waals surface area contributed by atoms with Crippen LogP contribution >= 0.6 is 0 Å². The molecule has 1 aromatic carbocycles. The van der Waals surface area contributed by atoms with E-state index in [2.05, 4.69) is 6.58 Å². The van der Waals surface area contributed by atoms with Crippen LogP contribution in [-0.4, -0.2) is 30.3 Å². The zero-order valence-corrected chi connectivity index (χ0v) is 11.2. The molecular weight excluding hydrogens is 260 g/mol. The second-order valence-electron chi connectivity index (χ2n) is 4.14. The molecule has 0 unspecified atom stereocenters. The third-order valence-electron chi connectivity index (χ3n) is 2.50. The highest BCUT2D eigenvalue weighted by atomic mass is 16.5. The molecule has 0 atom stereocenters. The molecule has 5 heteroatoms. The second kappa shape index (κ2) is 8.74. The summed E-state index contributed by atoms with van der Waals surface area (Å²) in [4.78, 5) is 22.2. The highest BCUT2D eigenvalue weighted by Gasteiger charge is 2.04. The molecule has 0 spiro atoms. The first kappa shape index (κ1) is 15.8. The third-order valence-corrected chi connectivity index (χ3v) is 2.50. The fourth-order valence-electron chi connectivity index (χ4n) is 1.45. The minimum atomic E-state index is -0.450. The Morgan fingerprint density at radius 2 is 1.70 bits per heavy atom. The van der Waals surface area contributed by atoms with Crippen molar-refractivity contribution in [3.63, 3.8) is 0 Å². The number of rotatable bonds is 8. The van der Waals surface area contributed by atoms with Crippen molar-refractivity contribution in [3.8, 4) is 5.75 Å². The van der Waals surface area contributed by atoms with Crippen LogP contribution in [0.4, 0.5) is 0 Å². The van der Waals surface area contributed by atoms with Crippen LogP contribution in [0.15, 0.2) is 36.9 Å². The van der Waals surface area contributed by atoms with Gasteiger partial charge in [0.05, 0.1) is 19.6 Å². The van der Waals surface area contributed by atoms with Crippen molar-refractivity contribution in [2.45, 2.75) is 19.3 Å². The van der Waals surface area contributed by atoms with Gasteiger partial charge in [-0.1, -0.05) is 18.7 Å². The van der Waals surface area contributed by atoms with E-state index >= 15 is 0 Å². The van der Waals surface area contributed by atoms with Gasteiger partial charge < -0.3 is 14.6 Å². The quantitative estimate of drug-likeness (QED) is 0.447. The highest BCUT2D eigenvalue weighted by Crippen LogP contribution is 2.10. The maximum Gasteiger partial charge on any atom is 0.330 e. The van der Waals surface area contributed by atoms with E-state index in [1.54, 1.807) is 12.1 Å². The molecule has 1 N–H and O–H groups in total. The number of carbonyl (C=O) groups is 2. The number of benzene rings is 1. The van der Waals surface area contributed by atoms with Crippen LogP contribution in [0.2, 0.25) is 0 Å². The second-order valence-corrected chi connectivity index (χ2v) is 4.14. The zero-order chi connectivity index (χ0) is 14.8. The first-order chi connectivity index (χ1) is 9.61. The molecule has 0 amide bonds. The van der Waals surface area contributed by atoms with Gasteiger partial charge in [0.25, 0.3) is 0 Å². The number of hydrogen-bond donors (Lipinski definition) is 1. The molecule has 1 rings (SSSR count). The Hall–Kier alpha value is -2.30. The average molecular weight is 278 g/mol. The van der Waals surface area contributed by atoms with Crippen LogP contribution in [-0.2, 0) is 25.5 Å². The van der Waals surface area contributed by atoms with E-state index in [9.17, 15) is 9.59 Å². The number of carbonyl (C=O) groups excluding carboxylic acids is 2. The first-order valence-corrected chi connectivity index (χ1v) is 6.34. The molecule has 20 heavy (non-hydrogen) atoms. The predicted octanol–water partition coefficient (Wildman–Crippen LogP) is 1.99. The molecule has 0 aromatic heterocycles. The molecule has 108 valence electrons. The molecule has 0 heterocycles. The van der Waals surface area contributed by atoms with Gasteiger partial charge in [-0.15, -0.1) is 0 Å². The SMILES string of the molecule is C=CC(=O)OCCCCOC(=O)Cc1ccc(O)cc1. The van der Waals surface area contributed by atoms with Crippen molar-refractivity contribution in [1.29, 1.82) is 0 Å². The molecule has 0 fully saturated rings. The summed E-state index contributed by atoms with van der Waals surface area (Å²) in [6.07, 6.45) is 2.54. The number of phenolic OH excluding ortho intramolecular Hbond substituents is 1. The molecule has 0 saturated heterocycles. The number of aromatic hydroxyl groups is 1. The summed E-state index contributed by atoms with van der Waals surface area (Å²) >= 11 is 0. The molecule has 0 saturated carbocycles. The number of esters is 2. The summed E-state index contributed by atoms with van der Waals surface area (Å²) in [5.41, 5.74) is 0.785. The van der Waals surface area contributed by atoms with E-state index in [0.717, 1.165) is 11.6 Å². The molecule has 0 radical (unpaired) electrons. The standard InChI is InChI=1S/C15H18O5/c1-2-14(17)19-9-3-4-10-20-15(18)11-12-5-7-13(16)8-6-12/h2,5-8,16H,1,3-4,9-11H2. The van der Waals surface area contributed by atoms with Crippen LogP contribution in [0.25, 0.3) is 0 Å². The van der Waals surface area contributed by atoms with Crippen molar-refractivity contribution >= 4 is 11.9 Å². The van der Waals surface area contributed by atoms with E-state index in [0.29, 0.717) is 26.1 Å². The van der Waals surface area contributed by atoms with Gasteiger partial charge in [-0.3, -0.25) is 4.79 Å². The normalized spacial score (nSPS) is 9.80. The van der Waals surface area contributed by atoms with Gasteiger partial charge in [-0.05, 0) is 30.5 Å². The lowest BCUT2D eigenvalue weighted by Crippen LogP contribution is -2.10. The maximum absolute atomic E-state index is 11.5. The summed E-state index contributed by atoms with van der Waals surface area (Å²) in [5.74, 6) is -0.607. The zero-order valence-electron chi connectivity index (χ0n) is 11.2. The van der Waals surface area contributed by atoms with Gasteiger partial charge in [-0.2, -0.15) is 0 Å². The van der Waals surface area contributed by atoms with Gasteiger partial charge in [0.1, 0.15) is 5.75 Å². The monoisotopic (exact) mass is 278 g/mol. The smallest absolute Gasteiger partial charge is 0.330 e. The summed E-state index contributed by atoms with van der Waals surface area (Å²) in [7, 11) is 0. The lowest BCUT2D eigenvalue weighted by Gasteiger charge is -2.05. The molecule has 0 aliphatic carbocycles. The van der Waals surface area contributed by atoms with Gasteiger partial charge in [0, 0.05) is 6.08 Å². The van der Waals surface area contributed by atoms with Crippen LogP contribution in [0.3, 0.4) is 0 Å². The molecule has 0 bridgehead atoms. The van der Waals surface area contributed by atoms with Crippen LogP contribution in [0.5, 0.6) is 5.75 Å². The van der Waals surface area contributed by atoms with E-state index in [1.165, 1.54) is 12.1 Å². The Bertz CT molecular complexity index is 450. The lowest BCUT2D eigenvalue weighted by molar-refractivity contribution is -0.143. The Balaban J connectivity index is 2.10. The van der Waals surface area contributed by atoms with Gasteiger partial charge in [0.15, 0.2) is 0 Å². The van der Waals surface area contributed by atoms with Gasteiger partial charge >= 0.3 is 11.9 Å². The van der Waals surface area contributed by atoms with Gasteiger partial charge in [0.2, 0.25) is 0 Å². The number of unbranched alkanes of at least 4 members (excludes halogenated alkanes) is 1. The minimum Gasteiger partial charge on any atom is -0.508 e. The summed E-state index contributed by atoms with van der Waals surface area (Å²) in [6.45, 7) is 3.87. The lowest BCUT2D eigenvalue weighted by atomic mass is 10.1. The fraction of sp³-hybridized carbons (Fsp3) is 0.333. The topological polar surface area (TPSA) is 72.8 Å². The minimum absolute atomic E-state index is 0.163. The van der Waals surface area contributed by atoms with E-state index in [1.807, 2.05) is 0 Å². The largest absolute Gasteiger partial charge is 0.508 e. The van der Waals surface area contributed by atoms with Crippen molar-refractivity contribution in [2.24, 2.45) is 0 Å². The van der Waals surface area contributed by atoms with Crippen molar-refractivity contribution in [2.75, 3.05) is 13.2 Å². The van der Waals surface area contributed by atoms with Crippen molar-refractivity contribution < 1.29 is 24.2 Å². The van der Waals surface area contributed by atoms with E-state index in [-0.39, 0.29) is 18.1 Å². The van der Waals surface area contributed by atoms with E-state index < -0.39 is 5.97 Å². The summed E-state index contributed by atoms with van der Waals surface area (Å²) in [5, 5.41) is 9.11. The van der Waals surface area contributed by atoms with Crippen LogP contribution < -0.4 is 0 Å². The van der Waals surface area contributed by atoms with Crippen molar-refractivity contribution in [3.05, 3.63) is 42.5 Å². The predicted molar refractivity (Wildman–Crippen MR) is 73.2 cm³/mol. The molecular formula is C15H18O5. The highest BCUT2D eigenvalue weighted by molar-refractivity contribution is 5.81. The van der Waals surface area contributed by atoms with Crippen molar-refractivity contribution in [1.82, 2.24) is 0 Å². The molecule has 0 aliphatic rings. The third kappa shape index (κ3) is 6.58. The Morgan fingerprint density at radius 3 is 2.30 bits per heavy atom. The Kier molecular flexibility index (Phi) is 6.89. The number of hydrogen-bond acceptors (Lipinski definition) is 5. The van der Waals surface area contributed by atoms with Crippen LogP contribution in [0, 0.1) is 0 Å². The average Bonchev–Trinajstić information content (AvgIpc) is 2.44. The number of ether oxygens (including phenoxy) is 2. The fourth-order valence-corrected chi connectivity index (χ4v) is 1.45. The molecule has 1 aromatic rings.